The molecule has 1 aliphatic carbocycles. The van der Waals surface area contributed by atoms with Crippen molar-refractivity contribution in [3.63, 3.8) is 0 Å². The van der Waals surface area contributed by atoms with E-state index in [0.717, 1.165) is 5.92 Å². The van der Waals surface area contributed by atoms with Crippen molar-refractivity contribution in [1.29, 1.82) is 0 Å². The van der Waals surface area contributed by atoms with Crippen molar-refractivity contribution in [2.24, 2.45) is 11.3 Å². The van der Waals surface area contributed by atoms with Crippen LogP contribution < -0.4 is 0 Å². The average molecular weight is 235 g/mol. The molecule has 1 fully saturated rings. The van der Waals surface area contributed by atoms with Crippen molar-refractivity contribution in [3.8, 4) is 0 Å². The molecule has 0 aliphatic heterocycles. The first-order chi connectivity index (χ1) is 8.03. The second kappa shape index (κ2) is 6.28. The van der Waals surface area contributed by atoms with E-state index in [0.29, 0.717) is 5.41 Å². The second-order valence-electron chi connectivity index (χ2n) is 5.80. The van der Waals surface area contributed by atoms with E-state index in [4.69, 9.17) is 0 Å². The summed E-state index contributed by atoms with van der Waals surface area (Å²) in [7, 11) is 2.22. The third-order valence-corrected chi connectivity index (χ3v) is 4.24. The van der Waals surface area contributed by atoms with Crippen molar-refractivity contribution >= 4 is 0 Å². The molecular formula is C16H29N. The first-order valence-electron chi connectivity index (χ1n) is 7.02. The fraction of sp³-hybridized carbons (Fsp3) is 0.750. The number of nitrogens with zero attached hydrogens (tertiary/aromatic N) is 1. The minimum atomic E-state index is 0.569. The fourth-order valence-corrected chi connectivity index (χ4v) is 2.62. The van der Waals surface area contributed by atoms with E-state index in [-0.39, 0.29) is 0 Å². The molecule has 0 heterocycles. The van der Waals surface area contributed by atoms with Crippen LogP contribution in [0.2, 0.25) is 0 Å². The van der Waals surface area contributed by atoms with Crippen LogP contribution in [0, 0.1) is 11.3 Å². The van der Waals surface area contributed by atoms with Crippen molar-refractivity contribution in [2.75, 3.05) is 13.6 Å². The zero-order valence-corrected chi connectivity index (χ0v) is 12.3. The van der Waals surface area contributed by atoms with Gasteiger partial charge in [-0.05, 0) is 50.9 Å². The van der Waals surface area contributed by atoms with Crippen LogP contribution in [-0.4, -0.2) is 18.5 Å². The van der Waals surface area contributed by atoms with Crippen molar-refractivity contribution in [1.82, 2.24) is 4.90 Å². The maximum atomic E-state index is 2.45. The van der Waals surface area contributed by atoms with E-state index in [9.17, 15) is 0 Å². The molecule has 0 bridgehead atoms. The van der Waals surface area contributed by atoms with Crippen LogP contribution in [0.4, 0.5) is 0 Å². The highest BCUT2D eigenvalue weighted by Crippen LogP contribution is 2.55. The Balaban J connectivity index is 2.29. The van der Waals surface area contributed by atoms with Crippen LogP contribution in [0.15, 0.2) is 23.9 Å². The smallest absolute Gasteiger partial charge is 0.0228 e. The largest absolute Gasteiger partial charge is 0.378 e. The van der Waals surface area contributed by atoms with Crippen LogP contribution in [0.25, 0.3) is 0 Å². The molecular weight excluding hydrogens is 206 g/mol. The second-order valence-corrected chi connectivity index (χ2v) is 5.80. The van der Waals surface area contributed by atoms with Gasteiger partial charge in [0, 0.05) is 19.3 Å². The Labute approximate surface area is 108 Å². The number of hydrogen-bond acceptors (Lipinski definition) is 1. The van der Waals surface area contributed by atoms with Crippen molar-refractivity contribution < 1.29 is 0 Å². The normalized spacial score (nSPS) is 28.8. The average Bonchev–Trinajstić information content (AvgIpc) is 2.94. The highest BCUT2D eigenvalue weighted by Gasteiger charge is 2.49. The van der Waals surface area contributed by atoms with E-state index < -0.39 is 0 Å². The third kappa shape index (κ3) is 4.22. The van der Waals surface area contributed by atoms with Crippen LogP contribution in [-0.2, 0) is 0 Å². The highest BCUT2D eigenvalue weighted by atomic mass is 15.1. The molecule has 0 saturated heterocycles. The van der Waals surface area contributed by atoms with Gasteiger partial charge in [-0.1, -0.05) is 32.1 Å². The Kier molecular flexibility index (Phi) is 5.30. The van der Waals surface area contributed by atoms with Gasteiger partial charge in [-0.2, -0.15) is 0 Å². The SMILES string of the molecule is C/C=C(/C)N(C)CC1(C)CC1CC/C=C\CC. The quantitative estimate of drug-likeness (QED) is 0.582. The molecule has 1 aliphatic rings. The van der Waals surface area contributed by atoms with Crippen LogP contribution in [0.3, 0.4) is 0 Å². The summed E-state index contributed by atoms with van der Waals surface area (Å²) in [4.78, 5) is 2.40. The summed E-state index contributed by atoms with van der Waals surface area (Å²) in [6.07, 6.45) is 12.1. The molecule has 0 spiro atoms. The molecule has 0 N–H and O–H groups in total. The zero-order chi connectivity index (χ0) is 12.9. The van der Waals surface area contributed by atoms with E-state index in [1.54, 1.807) is 0 Å². The molecule has 0 aromatic heterocycles. The molecule has 1 heteroatoms. The minimum absolute atomic E-state index is 0.569. The van der Waals surface area contributed by atoms with Gasteiger partial charge in [0.15, 0.2) is 0 Å². The molecule has 2 atom stereocenters. The van der Waals surface area contributed by atoms with E-state index in [1.807, 2.05) is 0 Å². The number of allylic oxidation sites excluding steroid dienone is 4. The highest BCUT2D eigenvalue weighted by molar-refractivity contribution is 5.05. The molecule has 0 aromatic rings. The summed E-state index contributed by atoms with van der Waals surface area (Å²) in [5, 5.41) is 0. The Bertz CT molecular complexity index is 290. The number of hydrogen-bond donors (Lipinski definition) is 0. The van der Waals surface area contributed by atoms with Gasteiger partial charge in [-0.3, -0.25) is 0 Å². The lowest BCUT2D eigenvalue weighted by Gasteiger charge is -2.24. The maximum Gasteiger partial charge on any atom is 0.0228 e. The first-order valence-corrected chi connectivity index (χ1v) is 7.02. The molecule has 17 heavy (non-hydrogen) atoms. The Morgan fingerprint density at radius 2 is 2.12 bits per heavy atom. The third-order valence-electron chi connectivity index (χ3n) is 4.24. The number of rotatable bonds is 7. The van der Waals surface area contributed by atoms with Crippen LogP contribution >= 0.6 is 0 Å². The summed E-state index contributed by atoms with van der Waals surface area (Å²) in [6.45, 7) is 10.2. The van der Waals surface area contributed by atoms with E-state index >= 15 is 0 Å². The monoisotopic (exact) mass is 235 g/mol. The zero-order valence-electron chi connectivity index (χ0n) is 12.3. The first kappa shape index (κ1) is 14.3. The molecule has 1 saturated carbocycles. The predicted molar refractivity (Wildman–Crippen MR) is 76.9 cm³/mol. The summed E-state index contributed by atoms with van der Waals surface area (Å²) in [5.41, 5.74) is 1.96. The molecule has 98 valence electrons. The standard InChI is InChI=1S/C16H29N/c1-6-8-9-10-11-15-12-16(15,4)13-17(5)14(3)7-2/h7-9,15H,6,10-13H2,1-5H3/b9-8-,14-7-. The maximum absolute atomic E-state index is 2.45. The lowest BCUT2D eigenvalue weighted by Crippen LogP contribution is -2.24. The van der Waals surface area contributed by atoms with Crippen LogP contribution in [0.5, 0.6) is 0 Å². The molecule has 1 nitrogen and oxygen atoms in total. The van der Waals surface area contributed by atoms with Gasteiger partial charge < -0.3 is 4.90 Å². The van der Waals surface area contributed by atoms with Crippen molar-refractivity contribution in [2.45, 2.75) is 53.4 Å². The predicted octanol–water partition coefficient (Wildman–Crippen LogP) is 4.61. The fourth-order valence-electron chi connectivity index (χ4n) is 2.62. The molecule has 1 rings (SSSR count). The molecule has 0 radical (unpaired) electrons. The van der Waals surface area contributed by atoms with Crippen molar-refractivity contribution in [3.05, 3.63) is 23.9 Å². The van der Waals surface area contributed by atoms with Gasteiger partial charge in [-0.15, -0.1) is 0 Å². The van der Waals surface area contributed by atoms with Gasteiger partial charge >= 0.3 is 0 Å². The van der Waals surface area contributed by atoms with Crippen LogP contribution in [0.1, 0.15) is 53.4 Å². The lowest BCUT2D eigenvalue weighted by atomic mass is 10.0. The van der Waals surface area contributed by atoms with Gasteiger partial charge in [0.25, 0.3) is 0 Å². The van der Waals surface area contributed by atoms with E-state index in [2.05, 4.69) is 57.9 Å². The summed E-state index contributed by atoms with van der Waals surface area (Å²) >= 11 is 0. The molecule has 2 unspecified atom stereocenters. The van der Waals surface area contributed by atoms with Gasteiger partial charge in [-0.25, -0.2) is 0 Å². The Morgan fingerprint density at radius 1 is 1.41 bits per heavy atom. The van der Waals surface area contributed by atoms with Gasteiger partial charge in [0.05, 0.1) is 0 Å². The van der Waals surface area contributed by atoms with Gasteiger partial charge in [0.2, 0.25) is 0 Å². The summed E-state index contributed by atoms with van der Waals surface area (Å²) in [5.74, 6) is 0.941. The minimum Gasteiger partial charge on any atom is -0.378 e. The molecule has 0 amide bonds. The Morgan fingerprint density at radius 3 is 2.71 bits per heavy atom. The summed E-state index contributed by atoms with van der Waals surface area (Å²) in [6, 6.07) is 0. The topological polar surface area (TPSA) is 3.24 Å². The summed E-state index contributed by atoms with van der Waals surface area (Å²) < 4.78 is 0. The Hall–Kier alpha value is -0.720. The van der Waals surface area contributed by atoms with E-state index in [1.165, 1.54) is 37.9 Å². The van der Waals surface area contributed by atoms with Gasteiger partial charge in [0.1, 0.15) is 0 Å². The lowest BCUT2D eigenvalue weighted by molar-refractivity contribution is 0.311. The molecule has 0 aromatic carbocycles.